The van der Waals surface area contributed by atoms with Gasteiger partial charge in [0.2, 0.25) is 15.9 Å². The number of halogens is 3. The Kier molecular flexibility index (Phi) is 7.46. The average Bonchev–Trinajstić information content (AvgIpc) is 3.13. The molecule has 0 radical (unpaired) electrons. The third-order valence-electron chi connectivity index (χ3n) is 5.45. The molecule has 188 valence electrons. The monoisotopic (exact) mass is 505 g/mol. The minimum atomic E-state index is -4.86. The Morgan fingerprint density at radius 3 is 2.41 bits per heavy atom. The molecule has 3 rings (SSSR count). The van der Waals surface area contributed by atoms with Crippen LogP contribution < -0.4 is 4.74 Å². The summed E-state index contributed by atoms with van der Waals surface area (Å²) >= 11 is 0. The number of carbonyl (C=O) groups excluding carboxylic acids is 1. The van der Waals surface area contributed by atoms with E-state index in [0.717, 1.165) is 29.8 Å². The highest BCUT2D eigenvalue weighted by Crippen LogP contribution is 2.37. The zero-order chi connectivity index (χ0) is 25.1. The molecule has 13 heteroatoms. The minimum Gasteiger partial charge on any atom is -0.406 e. The molecular weight excluding hydrogens is 479 g/mol. The van der Waals surface area contributed by atoms with Crippen molar-refractivity contribution < 1.29 is 40.7 Å². The fraction of sp³-hybridized carbons (Fsp3) is 0.524. The van der Waals surface area contributed by atoms with Gasteiger partial charge in [0.25, 0.3) is 0 Å². The van der Waals surface area contributed by atoms with Gasteiger partial charge in [-0.2, -0.15) is 4.31 Å². The van der Waals surface area contributed by atoms with Crippen molar-refractivity contribution in [2.75, 3.05) is 26.2 Å². The lowest BCUT2D eigenvalue weighted by Crippen LogP contribution is -2.47. The van der Waals surface area contributed by atoms with E-state index in [0.29, 0.717) is 25.9 Å². The summed E-state index contributed by atoms with van der Waals surface area (Å²) in [5, 5.41) is 3.88. The van der Waals surface area contributed by atoms with Crippen molar-refractivity contribution in [2.45, 2.75) is 50.0 Å². The summed E-state index contributed by atoms with van der Waals surface area (Å²) in [7, 11) is -3.92. The summed E-state index contributed by atoms with van der Waals surface area (Å²) in [4.78, 5) is 19.2. The first-order valence-corrected chi connectivity index (χ1v) is 12.0. The van der Waals surface area contributed by atoms with E-state index >= 15 is 0 Å². The molecule has 1 aromatic rings. The zero-order valence-electron chi connectivity index (χ0n) is 18.8. The number of sulfonamides is 1. The molecule has 1 fully saturated rings. The van der Waals surface area contributed by atoms with Crippen LogP contribution in [0.25, 0.3) is 0 Å². The lowest BCUT2D eigenvalue weighted by Gasteiger charge is -2.36. The number of ether oxygens (including phenoxy) is 2. The maximum atomic E-state index is 12.9. The molecule has 0 atom stereocenters. The number of benzene rings is 1. The van der Waals surface area contributed by atoms with Gasteiger partial charge in [0, 0.05) is 39.0 Å². The number of hydrogen-bond acceptors (Lipinski definition) is 7. The highest BCUT2D eigenvalue weighted by molar-refractivity contribution is 7.89. The SMILES string of the molecule is C=C(C)CN(CC)C(=O)OC1=NOC2(CCN(S(=O)(=O)c3ccc(OC(F)(F)F)cc3)CC2)C1. The quantitative estimate of drug-likeness (QED) is 0.545. The van der Waals surface area contributed by atoms with E-state index < -0.39 is 33.8 Å². The number of hydrogen-bond donors (Lipinski definition) is 0. The fourth-order valence-corrected chi connectivity index (χ4v) is 5.15. The molecule has 0 N–H and O–H groups in total. The number of nitrogens with zero attached hydrogens (tertiary/aromatic N) is 3. The van der Waals surface area contributed by atoms with Gasteiger partial charge in [0.1, 0.15) is 11.4 Å². The maximum Gasteiger partial charge on any atom is 0.573 e. The van der Waals surface area contributed by atoms with E-state index in [1.165, 1.54) is 9.21 Å². The van der Waals surface area contributed by atoms with E-state index in [4.69, 9.17) is 9.57 Å². The predicted octanol–water partition coefficient (Wildman–Crippen LogP) is 3.88. The highest BCUT2D eigenvalue weighted by atomic mass is 32.2. The van der Waals surface area contributed by atoms with Crippen LogP contribution in [0.5, 0.6) is 5.75 Å². The van der Waals surface area contributed by atoms with Crippen LogP contribution in [0.3, 0.4) is 0 Å². The molecule has 0 aliphatic carbocycles. The Hall–Kier alpha value is -2.80. The van der Waals surface area contributed by atoms with Gasteiger partial charge in [-0.1, -0.05) is 17.3 Å². The third-order valence-corrected chi connectivity index (χ3v) is 7.36. The standard InChI is InChI=1S/C21H26F3N3O6S/c1-4-26(14-15(2)3)19(28)31-18-13-20(33-25-18)9-11-27(12-10-20)34(29,30)17-7-5-16(6-8-17)32-21(22,23)24/h5-8H,2,4,9-14H2,1,3H3. The number of oxime groups is 1. The van der Waals surface area contributed by atoms with Crippen molar-refractivity contribution in [3.8, 4) is 5.75 Å². The van der Waals surface area contributed by atoms with Crippen LogP contribution >= 0.6 is 0 Å². The van der Waals surface area contributed by atoms with Crippen LogP contribution in [0.15, 0.2) is 46.5 Å². The Morgan fingerprint density at radius 2 is 1.88 bits per heavy atom. The summed E-state index contributed by atoms with van der Waals surface area (Å²) in [6.07, 6.45) is -4.61. The molecular formula is C21H26F3N3O6S. The molecule has 0 saturated carbocycles. The molecule has 2 aliphatic heterocycles. The largest absolute Gasteiger partial charge is 0.573 e. The van der Waals surface area contributed by atoms with Gasteiger partial charge in [-0.25, -0.2) is 13.2 Å². The fourth-order valence-electron chi connectivity index (χ4n) is 3.70. The van der Waals surface area contributed by atoms with Gasteiger partial charge < -0.3 is 19.2 Å². The number of piperidine rings is 1. The molecule has 1 amide bonds. The summed E-state index contributed by atoms with van der Waals surface area (Å²) in [5.74, 6) is -0.380. The van der Waals surface area contributed by atoms with Crippen molar-refractivity contribution in [3.63, 3.8) is 0 Å². The number of rotatable bonds is 6. The van der Waals surface area contributed by atoms with Gasteiger partial charge in [0.15, 0.2) is 0 Å². The maximum absolute atomic E-state index is 12.9. The summed E-state index contributed by atoms with van der Waals surface area (Å²) in [6, 6.07) is 4.04. The summed E-state index contributed by atoms with van der Waals surface area (Å²) in [5.41, 5.74) is 0.0215. The van der Waals surface area contributed by atoms with Gasteiger partial charge in [-0.15, -0.1) is 13.2 Å². The van der Waals surface area contributed by atoms with Gasteiger partial charge in [0.05, 0.1) is 11.3 Å². The second-order valence-corrected chi connectivity index (χ2v) is 10.1. The van der Waals surface area contributed by atoms with Crippen molar-refractivity contribution in [2.24, 2.45) is 5.16 Å². The number of likely N-dealkylation sites (N-methyl/N-ethyl adjacent to an activating group) is 1. The number of carbonyl (C=O) groups is 1. The molecule has 1 aromatic carbocycles. The smallest absolute Gasteiger partial charge is 0.406 e. The molecule has 9 nitrogen and oxygen atoms in total. The van der Waals surface area contributed by atoms with Crippen molar-refractivity contribution >= 4 is 22.0 Å². The normalized spacial score (nSPS) is 18.2. The second kappa shape index (κ2) is 9.82. The lowest BCUT2D eigenvalue weighted by atomic mass is 9.89. The third kappa shape index (κ3) is 6.20. The highest BCUT2D eigenvalue weighted by Gasteiger charge is 2.46. The van der Waals surface area contributed by atoms with Gasteiger partial charge in [-0.3, -0.25) is 0 Å². The van der Waals surface area contributed by atoms with Crippen molar-refractivity contribution in [1.82, 2.24) is 9.21 Å². The topological polar surface area (TPSA) is 97.7 Å². The van der Waals surface area contributed by atoms with E-state index in [9.17, 15) is 26.4 Å². The predicted molar refractivity (Wildman–Crippen MR) is 116 cm³/mol. The Balaban J connectivity index is 1.57. The van der Waals surface area contributed by atoms with E-state index in [-0.39, 0.29) is 30.3 Å². The lowest BCUT2D eigenvalue weighted by molar-refractivity contribution is -0.274. The molecule has 2 heterocycles. The zero-order valence-corrected chi connectivity index (χ0v) is 19.6. The summed E-state index contributed by atoms with van der Waals surface area (Å²) < 4.78 is 73.1. The first-order valence-electron chi connectivity index (χ1n) is 10.6. The van der Waals surface area contributed by atoms with Crippen LogP contribution in [-0.2, 0) is 19.6 Å². The average molecular weight is 506 g/mol. The molecule has 0 aromatic heterocycles. The molecule has 34 heavy (non-hydrogen) atoms. The Labute approximate surface area is 195 Å². The van der Waals surface area contributed by atoms with Crippen LogP contribution in [-0.4, -0.2) is 67.8 Å². The molecule has 1 saturated heterocycles. The Bertz CT molecular complexity index is 1050. The van der Waals surface area contributed by atoms with Crippen LogP contribution in [0.2, 0.25) is 0 Å². The minimum absolute atomic E-state index is 0.108. The van der Waals surface area contributed by atoms with Crippen LogP contribution in [0.1, 0.15) is 33.1 Å². The van der Waals surface area contributed by atoms with Crippen molar-refractivity contribution in [3.05, 3.63) is 36.4 Å². The number of amides is 1. The van der Waals surface area contributed by atoms with Gasteiger partial charge >= 0.3 is 12.5 Å². The summed E-state index contributed by atoms with van der Waals surface area (Å²) in [6.45, 7) is 8.39. The van der Waals surface area contributed by atoms with E-state index in [1.807, 2.05) is 6.92 Å². The number of alkyl halides is 3. The van der Waals surface area contributed by atoms with Gasteiger partial charge in [-0.05, 0) is 38.1 Å². The molecule has 0 bridgehead atoms. The molecule has 1 spiro atoms. The molecule has 0 unspecified atom stereocenters. The second-order valence-electron chi connectivity index (χ2n) is 8.20. The van der Waals surface area contributed by atoms with E-state index in [2.05, 4.69) is 16.5 Å². The first kappa shape index (κ1) is 25.8. The molecule has 2 aliphatic rings. The Morgan fingerprint density at radius 1 is 1.26 bits per heavy atom. The van der Waals surface area contributed by atoms with E-state index in [1.54, 1.807) is 6.92 Å². The van der Waals surface area contributed by atoms with Crippen LogP contribution in [0.4, 0.5) is 18.0 Å². The first-order chi connectivity index (χ1) is 15.8. The van der Waals surface area contributed by atoms with Crippen LogP contribution in [0, 0.1) is 0 Å². The van der Waals surface area contributed by atoms with Crippen molar-refractivity contribution in [1.29, 1.82) is 0 Å².